The van der Waals surface area contributed by atoms with Crippen LogP contribution in [0.1, 0.15) is 51.2 Å². The average Bonchev–Trinajstić information content (AvgIpc) is 3.55. The zero-order chi connectivity index (χ0) is 24.8. The van der Waals surface area contributed by atoms with Crippen LogP contribution in [0.2, 0.25) is 0 Å². The lowest BCUT2D eigenvalue weighted by Crippen LogP contribution is -2.32. The van der Waals surface area contributed by atoms with Gasteiger partial charge in [0.25, 0.3) is 0 Å². The van der Waals surface area contributed by atoms with Gasteiger partial charge in [-0.05, 0) is 59.6 Å². The summed E-state index contributed by atoms with van der Waals surface area (Å²) in [5, 5.41) is 15.3. The van der Waals surface area contributed by atoms with Gasteiger partial charge in [-0.1, -0.05) is 45.9 Å². The Morgan fingerprint density at radius 3 is 2.24 bits per heavy atom. The number of carboxylic acid groups (broad SMARTS) is 1. The number of hydrogen-bond donors (Lipinski definition) is 3. The molecule has 2 aromatic carbocycles. The number of amides is 2. The van der Waals surface area contributed by atoms with Crippen LogP contribution < -0.4 is 15.5 Å². The van der Waals surface area contributed by atoms with Crippen LogP contribution in [0.25, 0.3) is 0 Å². The van der Waals surface area contributed by atoms with Gasteiger partial charge >= 0.3 is 12.0 Å². The molecule has 34 heavy (non-hydrogen) atoms. The maximum absolute atomic E-state index is 12.9. The Balaban J connectivity index is 1.85. The number of aliphatic carboxylic acids is 1. The number of anilines is 3. The van der Waals surface area contributed by atoms with Crippen LogP contribution in [0.15, 0.2) is 42.5 Å². The van der Waals surface area contributed by atoms with Crippen LogP contribution >= 0.6 is 0 Å². The molecule has 2 aromatic rings. The number of benzene rings is 2. The number of terminal acetylenes is 1. The second-order valence-corrected chi connectivity index (χ2v) is 9.91. The molecular weight excluding hydrogens is 426 g/mol. The van der Waals surface area contributed by atoms with E-state index in [0.717, 1.165) is 29.9 Å². The van der Waals surface area contributed by atoms with Crippen LogP contribution in [0, 0.1) is 30.1 Å². The molecular formula is C28H35N3O3. The second-order valence-electron chi connectivity index (χ2n) is 9.91. The highest BCUT2D eigenvalue weighted by molar-refractivity contribution is 6.02. The molecule has 1 fully saturated rings. The van der Waals surface area contributed by atoms with E-state index in [1.165, 1.54) is 0 Å². The van der Waals surface area contributed by atoms with Crippen molar-refractivity contribution in [2.75, 3.05) is 28.6 Å². The van der Waals surface area contributed by atoms with E-state index in [1.54, 1.807) is 0 Å². The third-order valence-corrected chi connectivity index (χ3v) is 5.83. The van der Waals surface area contributed by atoms with Crippen molar-refractivity contribution < 1.29 is 14.7 Å². The van der Waals surface area contributed by atoms with Gasteiger partial charge in [0.05, 0.1) is 17.3 Å². The third kappa shape index (κ3) is 6.77. The van der Waals surface area contributed by atoms with E-state index in [2.05, 4.69) is 49.1 Å². The number of carbonyl (C=O) groups excluding carboxylic acids is 1. The summed E-state index contributed by atoms with van der Waals surface area (Å²) in [7, 11) is 0. The number of nitrogens with one attached hydrogen (secondary N) is 2. The number of carboxylic acids is 1. The van der Waals surface area contributed by atoms with Gasteiger partial charge in [-0.25, -0.2) is 4.79 Å². The van der Waals surface area contributed by atoms with Crippen molar-refractivity contribution in [3.8, 4) is 12.3 Å². The summed E-state index contributed by atoms with van der Waals surface area (Å²) in [5.41, 5.74) is 4.26. The first-order valence-corrected chi connectivity index (χ1v) is 11.9. The molecule has 1 aliphatic rings. The maximum Gasteiger partial charge on any atom is 0.323 e. The van der Waals surface area contributed by atoms with Crippen molar-refractivity contribution in [3.63, 3.8) is 0 Å². The van der Waals surface area contributed by atoms with E-state index >= 15 is 0 Å². The molecule has 2 atom stereocenters. The zero-order valence-electron chi connectivity index (χ0n) is 20.5. The minimum absolute atomic E-state index is 0.0116. The Hall–Kier alpha value is -3.46. The van der Waals surface area contributed by atoms with Crippen molar-refractivity contribution in [1.29, 1.82) is 0 Å². The molecule has 0 spiro atoms. The van der Waals surface area contributed by atoms with E-state index in [4.69, 9.17) is 6.42 Å². The molecule has 0 radical (unpaired) electrons. The van der Waals surface area contributed by atoms with E-state index < -0.39 is 5.97 Å². The first-order chi connectivity index (χ1) is 16.2. The van der Waals surface area contributed by atoms with Gasteiger partial charge in [-0.15, -0.1) is 12.3 Å². The minimum Gasteiger partial charge on any atom is -0.481 e. The predicted octanol–water partition coefficient (Wildman–Crippen LogP) is 5.81. The topological polar surface area (TPSA) is 81.7 Å². The van der Waals surface area contributed by atoms with Gasteiger partial charge in [-0.2, -0.15) is 0 Å². The Kier molecular flexibility index (Phi) is 8.22. The fraction of sp³-hybridized carbons (Fsp3) is 0.429. The second kappa shape index (κ2) is 11.1. The molecule has 0 heterocycles. The van der Waals surface area contributed by atoms with Gasteiger partial charge in [0.2, 0.25) is 0 Å². The third-order valence-electron chi connectivity index (χ3n) is 5.83. The Morgan fingerprint density at radius 1 is 1.06 bits per heavy atom. The van der Waals surface area contributed by atoms with E-state index in [9.17, 15) is 14.7 Å². The van der Waals surface area contributed by atoms with Crippen LogP contribution in [0.4, 0.5) is 21.9 Å². The molecule has 0 aliphatic heterocycles. The summed E-state index contributed by atoms with van der Waals surface area (Å²) in [6.07, 6.45) is 6.54. The summed E-state index contributed by atoms with van der Waals surface area (Å²) in [6, 6.07) is 13.1. The van der Waals surface area contributed by atoms with Gasteiger partial charge in [-0.3, -0.25) is 4.79 Å². The average molecular weight is 462 g/mol. The molecule has 1 aliphatic carbocycles. The number of rotatable bonds is 10. The van der Waals surface area contributed by atoms with Gasteiger partial charge in [0.15, 0.2) is 0 Å². The molecule has 0 bridgehead atoms. The van der Waals surface area contributed by atoms with Crippen LogP contribution in [0.3, 0.4) is 0 Å². The molecule has 1 saturated carbocycles. The largest absolute Gasteiger partial charge is 0.481 e. The number of nitrogens with zero attached hydrogens (tertiary/aromatic N) is 1. The number of urea groups is 1. The Morgan fingerprint density at radius 2 is 1.71 bits per heavy atom. The van der Waals surface area contributed by atoms with Crippen LogP contribution in [-0.2, 0) is 11.2 Å². The normalized spacial score (nSPS) is 16.7. The molecule has 3 rings (SSSR count). The minimum atomic E-state index is -0.768. The highest BCUT2D eigenvalue weighted by Crippen LogP contribution is 2.49. The number of carbonyl (C=O) groups is 2. The summed E-state index contributed by atoms with van der Waals surface area (Å²) in [4.78, 5) is 26.6. The highest BCUT2D eigenvalue weighted by Gasteiger charge is 2.44. The summed E-state index contributed by atoms with van der Waals surface area (Å²) >= 11 is 0. The number of hydrogen-bond acceptors (Lipinski definition) is 3. The molecule has 0 unspecified atom stereocenters. The van der Waals surface area contributed by atoms with Crippen molar-refractivity contribution in [1.82, 2.24) is 0 Å². The summed E-state index contributed by atoms with van der Waals surface area (Å²) in [5.74, 6) is 2.37. The quantitative estimate of drug-likeness (QED) is 0.390. The molecule has 180 valence electrons. The molecule has 3 N–H and O–H groups in total. The van der Waals surface area contributed by atoms with Crippen molar-refractivity contribution in [3.05, 3.63) is 53.6 Å². The summed E-state index contributed by atoms with van der Waals surface area (Å²) < 4.78 is 0. The Labute approximate surface area is 202 Å². The fourth-order valence-electron chi connectivity index (χ4n) is 4.26. The fourth-order valence-corrected chi connectivity index (χ4v) is 4.26. The lowest BCUT2D eigenvalue weighted by atomic mass is 10.0. The first-order valence-electron chi connectivity index (χ1n) is 11.9. The van der Waals surface area contributed by atoms with Crippen LogP contribution in [-0.4, -0.2) is 30.2 Å². The lowest BCUT2D eigenvalue weighted by molar-refractivity contribution is -0.138. The molecule has 2 amide bonds. The molecule has 0 saturated heterocycles. The van der Waals surface area contributed by atoms with E-state index in [0.29, 0.717) is 36.1 Å². The van der Waals surface area contributed by atoms with E-state index in [-0.39, 0.29) is 17.9 Å². The van der Waals surface area contributed by atoms with Gasteiger partial charge in [0.1, 0.15) is 0 Å². The molecule has 6 nitrogen and oxygen atoms in total. The van der Waals surface area contributed by atoms with Crippen molar-refractivity contribution >= 4 is 29.1 Å². The van der Waals surface area contributed by atoms with Gasteiger partial charge in [0, 0.05) is 25.2 Å². The highest BCUT2D eigenvalue weighted by atomic mass is 16.4. The Bertz CT molecular complexity index is 1040. The molecule has 0 aromatic heterocycles. The van der Waals surface area contributed by atoms with Crippen molar-refractivity contribution in [2.24, 2.45) is 17.8 Å². The summed E-state index contributed by atoms with van der Waals surface area (Å²) in [6.45, 7) is 10.4. The smallest absolute Gasteiger partial charge is 0.323 e. The molecule has 6 heteroatoms. The predicted molar refractivity (Wildman–Crippen MR) is 138 cm³/mol. The van der Waals surface area contributed by atoms with Crippen molar-refractivity contribution in [2.45, 2.75) is 46.5 Å². The SMILES string of the molecule is C#CCc1ccc(NC(=O)Nc2cc([C@H]3C[C@H]3C(=O)O)ccc2N(CC(C)C)CC(C)C)cc1. The zero-order valence-corrected chi connectivity index (χ0v) is 20.5. The first kappa shape index (κ1) is 25.2. The van der Waals surface area contributed by atoms with Crippen LogP contribution in [0.5, 0.6) is 0 Å². The maximum atomic E-state index is 12.9. The standard InChI is InChI=1S/C28H35N3O3/c1-6-7-20-8-11-22(12-9-20)29-28(34)30-25-14-21(23-15-24(23)27(32)33)10-13-26(25)31(16-18(2)3)17-19(4)5/h1,8-14,18-19,23-24H,7,15-17H2,2-5H3,(H,32,33)(H2,29,30,34)/t23-,24-/m1/s1. The monoisotopic (exact) mass is 461 g/mol. The van der Waals surface area contributed by atoms with Gasteiger partial charge < -0.3 is 20.6 Å². The van der Waals surface area contributed by atoms with E-state index in [1.807, 2.05) is 42.5 Å². The lowest BCUT2D eigenvalue weighted by Gasteiger charge is -2.30.